The molecular formula is C24H31FN5O4P. The maximum atomic E-state index is 14.0. The van der Waals surface area contributed by atoms with Crippen LogP contribution in [0.25, 0.3) is 0 Å². The van der Waals surface area contributed by atoms with E-state index in [0.29, 0.717) is 55.1 Å². The standard InChI is InChI=1S/C24H31FN5O4P/c1-14-2-3-15(8-21(14)25)10-26-22-20(11-27-24(29-22)30-12-16-9-17(16)13-30)23(31)28-18-4-6-19(7-5-18)34-35(32)33/h2-3,8,11,16-19,32-33H,4-7,9-10,12-13H2,1H3,(H,28,31)(H,26,27,29). The van der Waals surface area contributed by atoms with Gasteiger partial charge in [0.2, 0.25) is 5.95 Å². The molecule has 2 atom stereocenters. The number of piperidine rings is 1. The Labute approximate surface area is 205 Å². The van der Waals surface area contributed by atoms with Gasteiger partial charge < -0.3 is 29.8 Å². The zero-order valence-electron chi connectivity index (χ0n) is 19.7. The first-order valence-corrected chi connectivity index (χ1v) is 13.3. The molecule has 4 N–H and O–H groups in total. The first kappa shape index (κ1) is 24.3. The number of anilines is 2. The number of hydrogen-bond donors (Lipinski definition) is 4. The second-order valence-electron chi connectivity index (χ2n) is 9.84. The molecule has 1 amide bonds. The molecule has 35 heavy (non-hydrogen) atoms. The minimum Gasteiger partial charge on any atom is -0.365 e. The van der Waals surface area contributed by atoms with Gasteiger partial charge in [0.15, 0.2) is 0 Å². The van der Waals surface area contributed by atoms with Crippen molar-refractivity contribution in [1.29, 1.82) is 0 Å². The lowest BCUT2D eigenvalue weighted by Gasteiger charge is -2.29. The highest BCUT2D eigenvalue weighted by atomic mass is 31.2. The van der Waals surface area contributed by atoms with E-state index >= 15 is 0 Å². The Morgan fingerprint density at radius 2 is 1.97 bits per heavy atom. The first-order valence-electron chi connectivity index (χ1n) is 12.1. The Morgan fingerprint density at radius 3 is 2.66 bits per heavy atom. The van der Waals surface area contributed by atoms with Gasteiger partial charge in [0.1, 0.15) is 17.2 Å². The summed E-state index contributed by atoms with van der Waals surface area (Å²) in [6.45, 7) is 3.92. The molecule has 0 radical (unpaired) electrons. The van der Waals surface area contributed by atoms with Gasteiger partial charge in [0, 0.05) is 31.9 Å². The smallest absolute Gasteiger partial charge is 0.327 e. The molecule has 0 bridgehead atoms. The van der Waals surface area contributed by atoms with Crippen LogP contribution in [0.15, 0.2) is 24.4 Å². The summed E-state index contributed by atoms with van der Waals surface area (Å²) in [7, 11) is -2.37. The molecule has 2 aliphatic carbocycles. The molecule has 3 aliphatic rings. The number of nitrogens with one attached hydrogen (secondary N) is 2. The monoisotopic (exact) mass is 503 g/mol. The van der Waals surface area contributed by atoms with Crippen LogP contribution in [0.5, 0.6) is 0 Å². The van der Waals surface area contributed by atoms with Crippen LogP contribution in [0.4, 0.5) is 16.2 Å². The minimum atomic E-state index is -2.37. The van der Waals surface area contributed by atoms with E-state index in [1.165, 1.54) is 12.5 Å². The van der Waals surface area contributed by atoms with Gasteiger partial charge >= 0.3 is 8.60 Å². The van der Waals surface area contributed by atoms with Gasteiger partial charge in [0.05, 0.1) is 6.10 Å². The Balaban J connectivity index is 1.28. The molecule has 2 heterocycles. The van der Waals surface area contributed by atoms with Gasteiger partial charge in [-0.1, -0.05) is 12.1 Å². The van der Waals surface area contributed by atoms with Crippen molar-refractivity contribution in [3.8, 4) is 0 Å². The minimum absolute atomic E-state index is 0.0459. The van der Waals surface area contributed by atoms with E-state index in [-0.39, 0.29) is 23.9 Å². The van der Waals surface area contributed by atoms with Crippen molar-refractivity contribution in [2.45, 2.75) is 57.7 Å². The van der Waals surface area contributed by atoms with Gasteiger partial charge in [0.25, 0.3) is 5.91 Å². The topological polar surface area (TPSA) is 120 Å². The van der Waals surface area contributed by atoms with Crippen LogP contribution in [0.3, 0.4) is 0 Å². The van der Waals surface area contributed by atoms with E-state index in [2.05, 4.69) is 20.5 Å². The highest BCUT2D eigenvalue weighted by Crippen LogP contribution is 2.45. The SMILES string of the molecule is Cc1ccc(CNc2nc(N3CC4CC4C3)ncc2C(=O)NC2CCC(OP(O)O)CC2)cc1F. The number of nitrogens with zero attached hydrogens (tertiary/aromatic N) is 3. The predicted octanol–water partition coefficient (Wildman–Crippen LogP) is 3.26. The molecule has 1 aromatic carbocycles. The molecular weight excluding hydrogens is 472 g/mol. The average molecular weight is 504 g/mol. The molecule has 3 fully saturated rings. The van der Waals surface area contributed by atoms with Crippen molar-refractivity contribution in [3.05, 3.63) is 46.9 Å². The highest BCUT2D eigenvalue weighted by Gasteiger charge is 2.46. The highest BCUT2D eigenvalue weighted by molar-refractivity contribution is 7.39. The van der Waals surface area contributed by atoms with Crippen LogP contribution in [-0.4, -0.2) is 50.9 Å². The van der Waals surface area contributed by atoms with Gasteiger partial charge in [-0.3, -0.25) is 4.79 Å². The number of aromatic nitrogens is 2. The second-order valence-corrected chi connectivity index (χ2v) is 10.6. The van der Waals surface area contributed by atoms with E-state index in [0.717, 1.165) is 30.5 Å². The quantitative estimate of drug-likeness (QED) is 0.406. The Hall–Kier alpha value is -2.39. The van der Waals surface area contributed by atoms with E-state index in [1.807, 2.05) is 6.07 Å². The Kier molecular flexibility index (Phi) is 7.16. The fourth-order valence-electron chi connectivity index (χ4n) is 5.03. The van der Waals surface area contributed by atoms with Gasteiger partial charge in [-0.05, 0) is 68.1 Å². The van der Waals surface area contributed by atoms with Crippen molar-refractivity contribution in [2.75, 3.05) is 23.3 Å². The maximum absolute atomic E-state index is 14.0. The van der Waals surface area contributed by atoms with Crippen LogP contribution < -0.4 is 15.5 Å². The van der Waals surface area contributed by atoms with Crippen molar-refractivity contribution in [3.63, 3.8) is 0 Å². The summed E-state index contributed by atoms with van der Waals surface area (Å²) in [5.41, 5.74) is 1.69. The van der Waals surface area contributed by atoms with E-state index in [1.54, 1.807) is 19.2 Å². The summed E-state index contributed by atoms with van der Waals surface area (Å²) in [6, 6.07) is 5.03. The molecule has 0 spiro atoms. The molecule has 9 nitrogen and oxygen atoms in total. The van der Waals surface area contributed by atoms with Crippen molar-refractivity contribution in [1.82, 2.24) is 15.3 Å². The third-order valence-corrected chi connectivity index (χ3v) is 7.72. The van der Waals surface area contributed by atoms with E-state index in [9.17, 15) is 9.18 Å². The summed E-state index contributed by atoms with van der Waals surface area (Å²) in [5.74, 6) is 1.94. The van der Waals surface area contributed by atoms with Crippen LogP contribution in [0, 0.1) is 24.6 Å². The van der Waals surface area contributed by atoms with Gasteiger partial charge in [-0.2, -0.15) is 4.98 Å². The van der Waals surface area contributed by atoms with Crippen molar-refractivity contribution >= 4 is 26.3 Å². The van der Waals surface area contributed by atoms with Crippen LogP contribution >= 0.6 is 8.60 Å². The summed E-state index contributed by atoms with van der Waals surface area (Å²) in [5, 5.41) is 6.29. The van der Waals surface area contributed by atoms with Gasteiger partial charge in [-0.25, -0.2) is 9.37 Å². The number of rotatable bonds is 8. The number of aryl methyl sites for hydroxylation is 1. The number of hydrogen-bond acceptors (Lipinski definition) is 8. The molecule has 2 aromatic rings. The molecule has 2 unspecified atom stereocenters. The molecule has 1 saturated heterocycles. The number of halogens is 1. The number of carbonyl (C=O) groups is 1. The molecule has 188 valence electrons. The fourth-order valence-corrected chi connectivity index (χ4v) is 5.51. The summed E-state index contributed by atoms with van der Waals surface area (Å²) in [6.07, 6.45) is 5.28. The van der Waals surface area contributed by atoms with Crippen LogP contribution in [0.2, 0.25) is 0 Å². The lowest BCUT2D eigenvalue weighted by Crippen LogP contribution is -2.39. The third-order valence-electron chi connectivity index (χ3n) is 7.23. The zero-order valence-corrected chi connectivity index (χ0v) is 20.5. The zero-order chi connectivity index (χ0) is 24.5. The van der Waals surface area contributed by atoms with Crippen LogP contribution in [0.1, 0.15) is 53.6 Å². The predicted molar refractivity (Wildman–Crippen MR) is 130 cm³/mol. The lowest BCUT2D eigenvalue weighted by molar-refractivity contribution is 0.0878. The fraction of sp³-hybridized carbons (Fsp3) is 0.542. The number of amides is 1. The summed E-state index contributed by atoms with van der Waals surface area (Å²) < 4.78 is 19.1. The Morgan fingerprint density at radius 1 is 1.23 bits per heavy atom. The molecule has 2 saturated carbocycles. The van der Waals surface area contributed by atoms with Crippen molar-refractivity contribution < 1.29 is 23.5 Å². The summed E-state index contributed by atoms with van der Waals surface area (Å²) >= 11 is 0. The molecule has 1 aliphatic heterocycles. The number of carbonyl (C=O) groups excluding carboxylic acids is 1. The third kappa shape index (κ3) is 5.89. The maximum Gasteiger partial charge on any atom is 0.327 e. The Bertz CT molecular complexity index is 1070. The number of fused-ring (bicyclic) bond motifs is 1. The largest absolute Gasteiger partial charge is 0.365 e. The molecule has 1 aromatic heterocycles. The van der Waals surface area contributed by atoms with E-state index in [4.69, 9.17) is 19.3 Å². The van der Waals surface area contributed by atoms with Gasteiger partial charge in [-0.15, -0.1) is 0 Å². The molecule has 11 heteroatoms. The molecule has 5 rings (SSSR count). The lowest BCUT2D eigenvalue weighted by atomic mass is 9.93. The number of benzene rings is 1. The summed E-state index contributed by atoms with van der Waals surface area (Å²) in [4.78, 5) is 42.7. The van der Waals surface area contributed by atoms with Crippen LogP contribution in [-0.2, 0) is 11.1 Å². The van der Waals surface area contributed by atoms with Crippen molar-refractivity contribution in [2.24, 2.45) is 11.8 Å². The first-order chi connectivity index (χ1) is 16.9. The second kappa shape index (κ2) is 10.3. The van der Waals surface area contributed by atoms with E-state index < -0.39 is 8.60 Å². The normalized spacial score (nSPS) is 25.5. The average Bonchev–Trinajstić information content (AvgIpc) is 3.45.